The van der Waals surface area contributed by atoms with Crippen molar-refractivity contribution in [3.8, 4) is 0 Å². The van der Waals surface area contributed by atoms with Crippen LogP contribution in [0.15, 0.2) is 52.2 Å². The maximum Gasteiger partial charge on any atom is 0.281 e. The van der Waals surface area contributed by atoms with Crippen LogP contribution in [0.1, 0.15) is 15.4 Å². The van der Waals surface area contributed by atoms with Crippen LogP contribution in [-0.2, 0) is 0 Å². The summed E-state index contributed by atoms with van der Waals surface area (Å²) >= 11 is 1.24. The van der Waals surface area contributed by atoms with E-state index in [1.807, 2.05) is 0 Å². The van der Waals surface area contributed by atoms with Crippen molar-refractivity contribution in [3.63, 3.8) is 0 Å². The Bertz CT molecular complexity index is 867. The highest BCUT2D eigenvalue weighted by atomic mass is 32.1. The number of non-ortho nitro benzene ring substituents is 1. The van der Waals surface area contributed by atoms with Gasteiger partial charge in [0, 0.05) is 22.2 Å². The zero-order chi connectivity index (χ0) is 15.5. The molecular weight excluding hydrogens is 306 g/mol. The number of amides is 1. The first-order valence-electron chi connectivity index (χ1n) is 6.18. The predicted octanol–water partition coefficient (Wildman–Crippen LogP) is 3.17. The minimum Gasteiger partial charge on any atom is -0.463 e. The van der Waals surface area contributed by atoms with Gasteiger partial charge in [-0.25, -0.2) is 5.43 Å². The van der Waals surface area contributed by atoms with E-state index in [0.29, 0.717) is 16.0 Å². The lowest BCUT2D eigenvalue weighted by molar-refractivity contribution is -0.384. The molecule has 1 amide bonds. The van der Waals surface area contributed by atoms with E-state index in [9.17, 15) is 14.9 Å². The first-order valence-corrected chi connectivity index (χ1v) is 7.00. The molecule has 0 bridgehead atoms. The number of hydrazone groups is 1. The Labute approximate surface area is 128 Å². The van der Waals surface area contributed by atoms with Crippen molar-refractivity contribution in [1.29, 1.82) is 0 Å². The second-order valence-electron chi connectivity index (χ2n) is 4.30. The maximum absolute atomic E-state index is 12.0. The molecule has 0 atom stereocenters. The lowest BCUT2D eigenvalue weighted by Crippen LogP contribution is -2.15. The van der Waals surface area contributed by atoms with Crippen molar-refractivity contribution < 1.29 is 14.1 Å². The Morgan fingerprint density at radius 1 is 1.36 bits per heavy atom. The number of carbonyl (C=O) groups is 1. The van der Waals surface area contributed by atoms with Crippen LogP contribution in [0.3, 0.4) is 0 Å². The Morgan fingerprint density at radius 2 is 2.23 bits per heavy atom. The zero-order valence-corrected chi connectivity index (χ0v) is 11.9. The van der Waals surface area contributed by atoms with Gasteiger partial charge in [0.05, 0.1) is 22.3 Å². The monoisotopic (exact) mass is 315 g/mol. The fraction of sp³-hybridized carbons (Fsp3) is 0. The van der Waals surface area contributed by atoms with Gasteiger partial charge in [-0.1, -0.05) is 0 Å². The second-order valence-corrected chi connectivity index (χ2v) is 5.39. The third kappa shape index (κ3) is 2.86. The molecule has 0 saturated carbocycles. The molecule has 3 rings (SSSR count). The van der Waals surface area contributed by atoms with E-state index in [1.165, 1.54) is 35.9 Å². The van der Waals surface area contributed by atoms with Crippen molar-refractivity contribution in [2.75, 3.05) is 0 Å². The van der Waals surface area contributed by atoms with Gasteiger partial charge in [-0.2, -0.15) is 5.10 Å². The van der Waals surface area contributed by atoms with Gasteiger partial charge in [0.25, 0.3) is 11.6 Å². The van der Waals surface area contributed by atoms with Gasteiger partial charge in [0.2, 0.25) is 0 Å². The molecule has 0 aliphatic rings. The highest BCUT2D eigenvalue weighted by molar-refractivity contribution is 7.20. The summed E-state index contributed by atoms with van der Waals surface area (Å²) in [6, 6.07) is 9.49. The number of benzene rings is 1. The van der Waals surface area contributed by atoms with Crippen LogP contribution in [0, 0.1) is 10.1 Å². The summed E-state index contributed by atoms with van der Waals surface area (Å²) in [6.45, 7) is 0. The zero-order valence-electron chi connectivity index (χ0n) is 11.1. The molecule has 2 heterocycles. The number of nitrogens with one attached hydrogen (secondary N) is 1. The van der Waals surface area contributed by atoms with E-state index in [4.69, 9.17) is 4.42 Å². The van der Waals surface area contributed by atoms with Crippen LogP contribution in [0.2, 0.25) is 0 Å². The van der Waals surface area contributed by atoms with E-state index in [2.05, 4.69) is 10.5 Å². The molecule has 0 radical (unpaired) electrons. The van der Waals surface area contributed by atoms with Crippen molar-refractivity contribution in [1.82, 2.24) is 5.43 Å². The highest BCUT2D eigenvalue weighted by Crippen LogP contribution is 2.28. The fourth-order valence-corrected chi connectivity index (χ4v) is 2.76. The van der Waals surface area contributed by atoms with E-state index in [1.54, 1.807) is 24.3 Å². The molecule has 22 heavy (non-hydrogen) atoms. The third-order valence-corrected chi connectivity index (χ3v) is 3.95. The number of fused-ring (bicyclic) bond motifs is 1. The van der Waals surface area contributed by atoms with Crippen LogP contribution in [0.25, 0.3) is 10.1 Å². The van der Waals surface area contributed by atoms with E-state index < -0.39 is 4.92 Å². The van der Waals surface area contributed by atoms with E-state index >= 15 is 0 Å². The molecule has 1 aromatic carbocycles. The molecule has 0 unspecified atom stereocenters. The Kier molecular flexibility index (Phi) is 3.67. The van der Waals surface area contributed by atoms with Crippen molar-refractivity contribution in [3.05, 3.63) is 63.4 Å². The summed E-state index contributed by atoms with van der Waals surface area (Å²) in [5.41, 5.74) is 2.38. The first-order chi connectivity index (χ1) is 10.6. The Balaban J connectivity index is 1.77. The van der Waals surface area contributed by atoms with E-state index in [-0.39, 0.29) is 11.6 Å². The van der Waals surface area contributed by atoms with Gasteiger partial charge in [-0.3, -0.25) is 14.9 Å². The molecule has 2 aromatic heterocycles. The molecule has 3 aromatic rings. The maximum atomic E-state index is 12.0. The van der Waals surface area contributed by atoms with Gasteiger partial charge >= 0.3 is 0 Å². The average molecular weight is 315 g/mol. The quantitative estimate of drug-likeness (QED) is 0.454. The summed E-state index contributed by atoms with van der Waals surface area (Å²) in [5, 5.41) is 15.2. The average Bonchev–Trinajstić information content (AvgIpc) is 3.15. The number of nitro groups is 1. The smallest absolute Gasteiger partial charge is 0.281 e. The molecule has 8 heteroatoms. The standard InChI is InChI=1S/C14H9N3O4S/c18-14(16-15-8-11-2-1-5-21-11)13-7-9-6-10(17(19)20)3-4-12(9)22-13/h1-8H,(H,16,18)/b15-8-. The summed E-state index contributed by atoms with van der Waals surface area (Å²) < 4.78 is 5.84. The largest absolute Gasteiger partial charge is 0.463 e. The molecule has 110 valence electrons. The predicted molar refractivity (Wildman–Crippen MR) is 82.2 cm³/mol. The van der Waals surface area contributed by atoms with Crippen molar-refractivity contribution in [2.45, 2.75) is 0 Å². The molecule has 7 nitrogen and oxygen atoms in total. The number of nitrogens with zero attached hydrogens (tertiary/aromatic N) is 2. The Hall–Kier alpha value is -3.00. The van der Waals surface area contributed by atoms with Gasteiger partial charge in [0.1, 0.15) is 5.76 Å². The lowest BCUT2D eigenvalue weighted by atomic mass is 10.2. The number of hydrogen-bond donors (Lipinski definition) is 1. The molecule has 1 N–H and O–H groups in total. The summed E-state index contributed by atoms with van der Waals surface area (Å²) in [4.78, 5) is 22.7. The lowest BCUT2D eigenvalue weighted by Gasteiger charge is -1.93. The number of hydrogen-bond acceptors (Lipinski definition) is 6. The number of thiophene rings is 1. The Morgan fingerprint density at radius 3 is 2.95 bits per heavy atom. The van der Waals surface area contributed by atoms with Gasteiger partial charge in [0.15, 0.2) is 0 Å². The second kappa shape index (κ2) is 5.78. The van der Waals surface area contributed by atoms with Gasteiger partial charge in [-0.05, 0) is 24.3 Å². The summed E-state index contributed by atoms with van der Waals surface area (Å²) in [6.07, 6.45) is 2.89. The molecule has 0 saturated heterocycles. The summed E-state index contributed by atoms with van der Waals surface area (Å²) in [5.74, 6) is 0.138. The number of nitro benzene ring substituents is 1. The number of carbonyl (C=O) groups excluding carboxylic acids is 1. The first kappa shape index (κ1) is 14.0. The third-order valence-electron chi connectivity index (χ3n) is 2.84. The van der Waals surface area contributed by atoms with Crippen LogP contribution in [-0.4, -0.2) is 17.0 Å². The normalized spacial score (nSPS) is 11.1. The van der Waals surface area contributed by atoms with E-state index in [0.717, 1.165) is 4.70 Å². The van der Waals surface area contributed by atoms with Crippen molar-refractivity contribution in [2.24, 2.45) is 5.10 Å². The van der Waals surface area contributed by atoms with Crippen molar-refractivity contribution >= 4 is 39.2 Å². The topological polar surface area (TPSA) is 97.7 Å². The van der Waals surface area contributed by atoms with Crippen LogP contribution >= 0.6 is 11.3 Å². The van der Waals surface area contributed by atoms with Gasteiger partial charge in [-0.15, -0.1) is 11.3 Å². The van der Waals surface area contributed by atoms with Gasteiger partial charge < -0.3 is 4.42 Å². The minimum absolute atomic E-state index is 0.00639. The molecule has 0 aliphatic carbocycles. The molecule has 0 spiro atoms. The van der Waals surface area contributed by atoms with Crippen LogP contribution in [0.5, 0.6) is 0 Å². The SMILES string of the molecule is O=C(N/N=C\c1ccco1)c1cc2cc([N+](=O)[O-])ccc2s1. The molecule has 0 aliphatic heterocycles. The highest BCUT2D eigenvalue weighted by Gasteiger charge is 2.12. The minimum atomic E-state index is -0.468. The summed E-state index contributed by atoms with van der Waals surface area (Å²) in [7, 11) is 0. The number of rotatable bonds is 4. The fourth-order valence-electron chi connectivity index (χ4n) is 1.83. The van der Waals surface area contributed by atoms with Crippen LogP contribution in [0.4, 0.5) is 5.69 Å². The van der Waals surface area contributed by atoms with Crippen LogP contribution < -0.4 is 5.43 Å². The molecule has 0 fully saturated rings. The molecular formula is C14H9N3O4S. The number of furan rings is 1.